The van der Waals surface area contributed by atoms with E-state index < -0.39 is 18.2 Å². The van der Waals surface area contributed by atoms with Gasteiger partial charge in [-0.2, -0.15) is 0 Å². The minimum absolute atomic E-state index is 0.171. The lowest BCUT2D eigenvalue weighted by Crippen LogP contribution is -2.20. The molecule has 1 rings (SSSR count). The van der Waals surface area contributed by atoms with Gasteiger partial charge in [-0.15, -0.1) is 13.2 Å². The van der Waals surface area contributed by atoms with E-state index in [4.69, 9.17) is 0 Å². The van der Waals surface area contributed by atoms with Crippen LogP contribution < -0.4 is 4.74 Å². The van der Waals surface area contributed by atoms with Crippen LogP contribution in [-0.4, -0.2) is 19.4 Å². The van der Waals surface area contributed by atoms with Crippen LogP contribution in [0.15, 0.2) is 24.3 Å². The highest BCUT2D eigenvalue weighted by molar-refractivity contribution is 5.79. The Balaban J connectivity index is 3.11. The predicted molar refractivity (Wildman–Crippen MR) is 58.2 cm³/mol. The first-order valence-electron chi connectivity index (χ1n) is 5.31. The van der Waals surface area contributed by atoms with Crippen molar-refractivity contribution in [2.45, 2.75) is 25.6 Å². The molecule has 6 heteroatoms. The van der Waals surface area contributed by atoms with E-state index in [0.29, 0.717) is 6.42 Å². The Hall–Kier alpha value is -1.72. The third-order valence-corrected chi connectivity index (χ3v) is 2.41. The minimum atomic E-state index is -4.79. The molecule has 0 fully saturated rings. The van der Waals surface area contributed by atoms with Crippen LogP contribution in [0.1, 0.15) is 24.8 Å². The van der Waals surface area contributed by atoms with E-state index in [0.717, 1.165) is 0 Å². The van der Waals surface area contributed by atoms with Gasteiger partial charge in [-0.1, -0.05) is 25.1 Å². The standard InChI is InChI=1S/C12H13F3O3/c1-3-8(11(16)17-2)9-6-4-5-7-10(9)18-12(13,14)15/h4-8H,3H2,1-2H3. The molecule has 0 bridgehead atoms. The molecule has 0 N–H and O–H groups in total. The summed E-state index contributed by atoms with van der Waals surface area (Å²) in [5.74, 6) is -1.73. The van der Waals surface area contributed by atoms with Gasteiger partial charge in [0, 0.05) is 5.56 Å². The molecule has 1 aromatic carbocycles. The molecule has 0 saturated heterocycles. The van der Waals surface area contributed by atoms with Crippen molar-refractivity contribution in [3.05, 3.63) is 29.8 Å². The van der Waals surface area contributed by atoms with E-state index in [1.54, 1.807) is 13.0 Å². The van der Waals surface area contributed by atoms with E-state index in [2.05, 4.69) is 9.47 Å². The van der Waals surface area contributed by atoms with Crippen molar-refractivity contribution >= 4 is 5.97 Å². The second-order valence-electron chi connectivity index (χ2n) is 3.57. The molecule has 1 aromatic rings. The Morgan fingerprint density at radius 3 is 2.44 bits per heavy atom. The fourth-order valence-electron chi connectivity index (χ4n) is 1.64. The molecule has 0 radical (unpaired) electrons. The van der Waals surface area contributed by atoms with Crippen LogP contribution in [0.3, 0.4) is 0 Å². The third kappa shape index (κ3) is 3.65. The van der Waals surface area contributed by atoms with Crippen molar-refractivity contribution in [1.82, 2.24) is 0 Å². The lowest BCUT2D eigenvalue weighted by Gasteiger charge is -2.18. The molecule has 0 saturated carbocycles. The number of halogens is 3. The number of para-hydroxylation sites is 1. The van der Waals surface area contributed by atoms with Gasteiger partial charge in [-0.3, -0.25) is 4.79 Å². The summed E-state index contributed by atoms with van der Waals surface area (Å²) >= 11 is 0. The summed E-state index contributed by atoms with van der Waals surface area (Å²) in [4.78, 5) is 11.5. The first kappa shape index (κ1) is 14.3. The Kier molecular flexibility index (Phi) is 4.58. The zero-order valence-corrected chi connectivity index (χ0v) is 9.95. The molecule has 3 nitrogen and oxygen atoms in total. The largest absolute Gasteiger partial charge is 0.573 e. The quantitative estimate of drug-likeness (QED) is 0.781. The number of rotatable bonds is 4. The monoisotopic (exact) mass is 262 g/mol. The van der Waals surface area contributed by atoms with Gasteiger partial charge in [0.2, 0.25) is 0 Å². The van der Waals surface area contributed by atoms with Gasteiger partial charge in [0.25, 0.3) is 0 Å². The Bertz CT molecular complexity index is 415. The van der Waals surface area contributed by atoms with Crippen molar-refractivity contribution < 1.29 is 27.4 Å². The molecule has 0 aliphatic carbocycles. The third-order valence-electron chi connectivity index (χ3n) is 2.41. The van der Waals surface area contributed by atoms with Gasteiger partial charge in [0.15, 0.2) is 0 Å². The molecule has 1 atom stereocenters. The van der Waals surface area contributed by atoms with E-state index >= 15 is 0 Å². The number of carbonyl (C=O) groups is 1. The highest BCUT2D eigenvalue weighted by Crippen LogP contribution is 2.33. The topological polar surface area (TPSA) is 35.5 Å². The van der Waals surface area contributed by atoms with Crippen LogP contribution >= 0.6 is 0 Å². The average Bonchev–Trinajstić information content (AvgIpc) is 2.30. The summed E-state index contributed by atoms with van der Waals surface area (Å²) in [6, 6.07) is 5.55. The predicted octanol–water partition coefficient (Wildman–Crippen LogP) is 3.25. The van der Waals surface area contributed by atoms with Crippen molar-refractivity contribution in [3.63, 3.8) is 0 Å². The first-order valence-corrected chi connectivity index (χ1v) is 5.31. The fraction of sp³-hybridized carbons (Fsp3) is 0.417. The Morgan fingerprint density at radius 2 is 1.94 bits per heavy atom. The molecular formula is C12H13F3O3. The average molecular weight is 262 g/mol. The fourth-order valence-corrected chi connectivity index (χ4v) is 1.64. The number of benzene rings is 1. The summed E-state index contributed by atoms with van der Waals surface area (Å²) < 4.78 is 45.2. The van der Waals surface area contributed by atoms with Crippen molar-refractivity contribution in [3.8, 4) is 5.75 Å². The second-order valence-corrected chi connectivity index (χ2v) is 3.57. The lowest BCUT2D eigenvalue weighted by atomic mass is 9.96. The van der Waals surface area contributed by atoms with E-state index in [9.17, 15) is 18.0 Å². The smallest absolute Gasteiger partial charge is 0.469 e. The van der Waals surface area contributed by atoms with Crippen LogP contribution in [0.2, 0.25) is 0 Å². The molecule has 0 aliphatic heterocycles. The molecule has 0 spiro atoms. The summed E-state index contributed by atoms with van der Waals surface area (Å²) in [5.41, 5.74) is 0.171. The van der Waals surface area contributed by atoms with Crippen molar-refractivity contribution in [1.29, 1.82) is 0 Å². The second kappa shape index (κ2) is 5.75. The minimum Gasteiger partial charge on any atom is -0.469 e. The number of hydrogen-bond donors (Lipinski definition) is 0. The van der Waals surface area contributed by atoms with Crippen LogP contribution in [0.5, 0.6) is 5.75 Å². The normalized spacial score (nSPS) is 12.9. The van der Waals surface area contributed by atoms with Crippen LogP contribution in [-0.2, 0) is 9.53 Å². The van der Waals surface area contributed by atoms with Gasteiger partial charge in [0.1, 0.15) is 5.75 Å². The number of ether oxygens (including phenoxy) is 2. The first-order chi connectivity index (χ1) is 8.39. The maximum atomic E-state index is 12.2. The van der Waals surface area contributed by atoms with Crippen molar-refractivity contribution in [2.75, 3.05) is 7.11 Å². The zero-order chi connectivity index (χ0) is 13.8. The zero-order valence-electron chi connectivity index (χ0n) is 9.95. The Labute approximate surface area is 103 Å². The highest BCUT2D eigenvalue weighted by atomic mass is 19.4. The van der Waals surface area contributed by atoms with Crippen LogP contribution in [0.4, 0.5) is 13.2 Å². The van der Waals surface area contributed by atoms with Gasteiger partial charge < -0.3 is 9.47 Å². The van der Waals surface area contributed by atoms with Crippen molar-refractivity contribution in [2.24, 2.45) is 0 Å². The number of hydrogen-bond acceptors (Lipinski definition) is 3. The maximum Gasteiger partial charge on any atom is 0.573 e. The summed E-state index contributed by atoms with van der Waals surface area (Å²) in [5, 5.41) is 0. The Morgan fingerprint density at radius 1 is 1.33 bits per heavy atom. The molecule has 0 heterocycles. The SMILES string of the molecule is CCC(C(=O)OC)c1ccccc1OC(F)(F)F. The van der Waals surface area contributed by atoms with Gasteiger partial charge >= 0.3 is 12.3 Å². The summed E-state index contributed by atoms with van der Waals surface area (Å²) in [6.45, 7) is 1.69. The van der Waals surface area contributed by atoms with E-state index in [1.807, 2.05) is 0 Å². The van der Waals surface area contributed by atoms with Crippen LogP contribution in [0.25, 0.3) is 0 Å². The number of alkyl halides is 3. The molecule has 0 amide bonds. The molecule has 100 valence electrons. The maximum absolute atomic E-state index is 12.2. The van der Waals surface area contributed by atoms with E-state index in [1.165, 1.54) is 25.3 Å². The molecule has 18 heavy (non-hydrogen) atoms. The number of carbonyl (C=O) groups excluding carboxylic acids is 1. The van der Waals surface area contributed by atoms with Crippen LogP contribution in [0, 0.1) is 0 Å². The van der Waals surface area contributed by atoms with E-state index in [-0.39, 0.29) is 11.3 Å². The van der Waals surface area contributed by atoms with Gasteiger partial charge in [0.05, 0.1) is 13.0 Å². The summed E-state index contributed by atoms with van der Waals surface area (Å²) in [6.07, 6.45) is -4.46. The lowest BCUT2D eigenvalue weighted by molar-refractivity contribution is -0.275. The number of esters is 1. The number of methoxy groups -OCH3 is 1. The molecule has 1 unspecified atom stereocenters. The molecule has 0 aromatic heterocycles. The van der Waals surface area contributed by atoms with Gasteiger partial charge in [-0.05, 0) is 12.5 Å². The van der Waals surface area contributed by atoms with Gasteiger partial charge in [-0.25, -0.2) is 0 Å². The summed E-state index contributed by atoms with van der Waals surface area (Å²) in [7, 11) is 1.19. The molecule has 0 aliphatic rings. The highest BCUT2D eigenvalue weighted by Gasteiger charge is 2.33. The molecular weight excluding hydrogens is 249 g/mol.